The zero-order valence-electron chi connectivity index (χ0n) is 12.3. The van der Waals surface area contributed by atoms with Gasteiger partial charge in [-0.3, -0.25) is 4.79 Å². The Hall–Kier alpha value is -2.44. The lowest BCUT2D eigenvalue weighted by atomic mass is 10.1. The fraction of sp³-hybridized carbons (Fsp3) is 0.188. The minimum atomic E-state index is -1.27. The van der Waals surface area contributed by atoms with E-state index in [1.807, 2.05) is 12.1 Å². The minimum absolute atomic E-state index is 0.189. The Bertz CT molecular complexity index is 679. The van der Waals surface area contributed by atoms with Crippen LogP contribution in [0.1, 0.15) is 12.0 Å². The predicted octanol–water partition coefficient (Wildman–Crippen LogP) is -0.635. The van der Waals surface area contributed by atoms with Crippen molar-refractivity contribution in [2.24, 2.45) is 0 Å². The summed E-state index contributed by atoms with van der Waals surface area (Å²) < 4.78 is 0. The Morgan fingerprint density at radius 1 is 1.30 bits per heavy atom. The largest absolute Gasteiger partial charge is 0.544 e. The van der Waals surface area contributed by atoms with Gasteiger partial charge >= 0.3 is 0 Å². The van der Waals surface area contributed by atoms with Crippen molar-refractivity contribution in [3.63, 3.8) is 0 Å². The van der Waals surface area contributed by atoms with Crippen molar-refractivity contribution in [2.75, 3.05) is 5.32 Å². The highest BCUT2D eigenvalue weighted by molar-refractivity contribution is 6.30. The highest BCUT2D eigenvalue weighted by atomic mass is 35.5. The fourth-order valence-corrected chi connectivity index (χ4v) is 2.27. The summed E-state index contributed by atoms with van der Waals surface area (Å²) in [5, 5.41) is 15.9. The molecule has 4 N–H and O–H groups in total. The number of aromatic nitrogens is 1. The molecule has 0 aliphatic carbocycles. The molecule has 6 nitrogen and oxygen atoms in total. The van der Waals surface area contributed by atoms with Gasteiger partial charge in [-0.25, -0.2) is 4.98 Å². The van der Waals surface area contributed by atoms with Crippen LogP contribution in [0.3, 0.4) is 0 Å². The maximum absolute atomic E-state index is 12.0. The summed E-state index contributed by atoms with van der Waals surface area (Å²) in [6.45, 7) is 0.431. The van der Waals surface area contributed by atoms with E-state index in [2.05, 4.69) is 10.3 Å². The summed E-state index contributed by atoms with van der Waals surface area (Å²) >= 11 is 5.84. The maximum atomic E-state index is 12.0. The van der Waals surface area contributed by atoms with E-state index in [1.54, 1.807) is 42.0 Å². The molecular weight excluding hydrogens is 318 g/mol. The van der Waals surface area contributed by atoms with Gasteiger partial charge in [0.15, 0.2) is 12.4 Å². The van der Waals surface area contributed by atoms with Crippen LogP contribution in [0.25, 0.3) is 0 Å². The summed E-state index contributed by atoms with van der Waals surface area (Å²) in [7, 11) is 0. The van der Waals surface area contributed by atoms with Crippen molar-refractivity contribution >= 4 is 29.2 Å². The molecule has 1 unspecified atom stereocenters. The Morgan fingerprint density at radius 2 is 2.13 bits per heavy atom. The zero-order chi connectivity index (χ0) is 16.7. The molecule has 1 aromatic heterocycles. The zero-order valence-corrected chi connectivity index (χ0v) is 13.0. The number of carboxylic acid groups (broad SMARTS) is 1. The number of anilines is 1. The lowest BCUT2D eigenvalue weighted by Crippen LogP contribution is -2.92. The predicted molar refractivity (Wildman–Crippen MR) is 82.1 cm³/mol. The number of quaternary nitrogens is 1. The van der Waals surface area contributed by atoms with Gasteiger partial charge in [-0.2, -0.15) is 0 Å². The van der Waals surface area contributed by atoms with Crippen molar-refractivity contribution in [3.05, 3.63) is 59.4 Å². The molecule has 0 spiro atoms. The van der Waals surface area contributed by atoms with Crippen molar-refractivity contribution in [1.29, 1.82) is 0 Å². The topological polar surface area (TPSA) is 100.0 Å². The molecule has 0 saturated carbocycles. The van der Waals surface area contributed by atoms with Crippen molar-refractivity contribution in [1.82, 2.24) is 0 Å². The van der Waals surface area contributed by atoms with Crippen LogP contribution in [0, 0.1) is 0 Å². The molecule has 0 radical (unpaired) electrons. The first-order chi connectivity index (χ1) is 11.0. The van der Waals surface area contributed by atoms with Crippen molar-refractivity contribution in [3.8, 4) is 0 Å². The van der Waals surface area contributed by atoms with Gasteiger partial charge in [0.1, 0.15) is 12.6 Å². The number of halogens is 1. The van der Waals surface area contributed by atoms with Crippen molar-refractivity contribution < 1.29 is 25.0 Å². The van der Waals surface area contributed by atoms with E-state index in [-0.39, 0.29) is 6.42 Å². The number of hydrogen-bond acceptors (Lipinski definition) is 3. The van der Waals surface area contributed by atoms with Gasteiger partial charge in [-0.1, -0.05) is 17.7 Å². The first kappa shape index (κ1) is 16.9. The molecule has 23 heavy (non-hydrogen) atoms. The molecule has 1 heterocycles. The molecule has 1 amide bonds. The van der Waals surface area contributed by atoms with E-state index in [0.29, 0.717) is 17.3 Å². The second kappa shape index (κ2) is 8.26. The lowest BCUT2D eigenvalue weighted by Gasteiger charge is -2.16. The highest BCUT2D eigenvalue weighted by Gasteiger charge is 2.18. The monoisotopic (exact) mass is 334 g/mol. The number of nitrogens with one attached hydrogen (secondary N) is 2. The molecule has 1 aromatic carbocycles. The number of carbonyl (C=O) groups is 2. The van der Waals surface area contributed by atoms with Gasteiger partial charge in [0, 0.05) is 16.8 Å². The van der Waals surface area contributed by atoms with Gasteiger partial charge in [0.25, 0.3) is 0 Å². The van der Waals surface area contributed by atoms with E-state index < -0.39 is 17.9 Å². The Balaban J connectivity index is 1.91. The minimum Gasteiger partial charge on any atom is -0.544 e. The molecule has 0 fully saturated rings. The number of carboxylic acids is 1. The number of amides is 1. The normalized spacial score (nSPS) is 11.7. The summed E-state index contributed by atoms with van der Waals surface area (Å²) in [5.41, 5.74) is 1.45. The molecule has 0 aliphatic rings. The average Bonchev–Trinajstić information content (AvgIpc) is 2.52. The number of rotatable bonds is 7. The van der Waals surface area contributed by atoms with Crippen LogP contribution in [-0.2, 0) is 16.1 Å². The Kier molecular flexibility index (Phi) is 6.08. The molecule has 1 atom stereocenters. The third-order valence-corrected chi connectivity index (χ3v) is 3.46. The van der Waals surface area contributed by atoms with Gasteiger partial charge in [0.2, 0.25) is 5.91 Å². The summed E-state index contributed by atoms with van der Waals surface area (Å²) in [4.78, 5) is 26.1. The fourth-order valence-electron chi connectivity index (χ4n) is 2.08. The molecule has 7 heteroatoms. The number of benzene rings is 1. The van der Waals surface area contributed by atoms with E-state index >= 15 is 0 Å². The second-order valence-corrected chi connectivity index (χ2v) is 5.48. The van der Waals surface area contributed by atoms with E-state index in [1.165, 1.54) is 0 Å². The number of H-pyrrole nitrogens is 1. The van der Waals surface area contributed by atoms with Crippen LogP contribution in [0.5, 0.6) is 0 Å². The number of nitrogens with two attached hydrogens (primary N) is 1. The van der Waals surface area contributed by atoms with Gasteiger partial charge in [0.05, 0.1) is 18.0 Å². The molecule has 0 saturated heterocycles. The molecular formula is C16H17ClN3O3+. The first-order valence-electron chi connectivity index (χ1n) is 7.09. The lowest BCUT2D eigenvalue weighted by molar-refractivity contribution is -0.697. The molecule has 2 aromatic rings. The van der Waals surface area contributed by atoms with Crippen LogP contribution in [0.15, 0.2) is 48.8 Å². The van der Waals surface area contributed by atoms with Crippen molar-refractivity contribution in [2.45, 2.75) is 19.0 Å². The van der Waals surface area contributed by atoms with Crippen LogP contribution in [0.4, 0.5) is 5.69 Å². The van der Waals surface area contributed by atoms with Gasteiger partial charge in [-0.15, -0.1) is 0 Å². The van der Waals surface area contributed by atoms with Crippen LogP contribution in [0.2, 0.25) is 5.02 Å². The standard InChI is InChI=1S/C16H16ClN3O3/c17-12-4-1-5-13(7-12)20-15(21)8-14(16(22)23)19-10-11-3-2-6-18-9-11/h1-7,9,14,19H,8,10H2,(H,20,21)(H,22,23)/p+1. The first-order valence-corrected chi connectivity index (χ1v) is 7.47. The van der Waals surface area contributed by atoms with E-state index in [0.717, 1.165) is 5.56 Å². The smallest absolute Gasteiger partial charge is 0.230 e. The number of pyridine rings is 1. The van der Waals surface area contributed by atoms with Crippen LogP contribution >= 0.6 is 11.6 Å². The summed E-state index contributed by atoms with van der Waals surface area (Å²) in [6.07, 6.45) is 3.35. The van der Waals surface area contributed by atoms with Gasteiger partial charge in [-0.05, 0) is 24.3 Å². The summed E-state index contributed by atoms with van der Waals surface area (Å²) in [5.74, 6) is -1.68. The molecule has 0 aliphatic heterocycles. The SMILES string of the molecule is O=C(CC([NH2+]Cc1ccc[nH+]c1)C(=O)[O-])Nc1cccc(Cl)c1. The Morgan fingerprint density at radius 3 is 2.78 bits per heavy atom. The van der Waals surface area contributed by atoms with Crippen LogP contribution in [-0.4, -0.2) is 17.9 Å². The number of hydrogen-bond donors (Lipinski definition) is 2. The highest BCUT2D eigenvalue weighted by Crippen LogP contribution is 2.15. The number of aromatic amines is 1. The number of aliphatic carboxylic acids is 1. The van der Waals surface area contributed by atoms with E-state index in [9.17, 15) is 14.7 Å². The number of carbonyl (C=O) groups excluding carboxylic acids is 2. The molecule has 120 valence electrons. The maximum Gasteiger partial charge on any atom is 0.230 e. The van der Waals surface area contributed by atoms with E-state index in [4.69, 9.17) is 11.6 Å². The third-order valence-electron chi connectivity index (χ3n) is 3.23. The molecule has 2 rings (SSSR count). The molecule has 0 bridgehead atoms. The summed E-state index contributed by atoms with van der Waals surface area (Å²) in [6, 6.07) is 9.39. The Labute approximate surface area is 138 Å². The average molecular weight is 335 g/mol. The van der Waals surface area contributed by atoms with Gasteiger partial charge < -0.3 is 20.5 Å². The second-order valence-electron chi connectivity index (χ2n) is 5.04. The third kappa shape index (κ3) is 5.69. The quantitative estimate of drug-likeness (QED) is 0.704. The van der Waals surface area contributed by atoms with Crippen LogP contribution < -0.4 is 20.7 Å².